The largest absolute Gasteiger partial charge is 0.323 e. The van der Waals surface area contributed by atoms with E-state index in [1.807, 2.05) is 19.1 Å². The van der Waals surface area contributed by atoms with Gasteiger partial charge < -0.3 is 5.32 Å². The molecule has 1 amide bonds. The highest BCUT2D eigenvalue weighted by Crippen LogP contribution is 2.33. The van der Waals surface area contributed by atoms with Gasteiger partial charge in [-0.25, -0.2) is 0 Å². The number of carbonyl (C=O) groups is 1. The molecule has 132 valence electrons. The summed E-state index contributed by atoms with van der Waals surface area (Å²) < 4.78 is 1.79. The van der Waals surface area contributed by atoms with Crippen LogP contribution in [-0.4, -0.2) is 23.4 Å². The zero-order valence-electron chi connectivity index (χ0n) is 14.5. The minimum Gasteiger partial charge on any atom is -0.323 e. The molecule has 1 saturated carbocycles. The van der Waals surface area contributed by atoms with E-state index in [-0.39, 0.29) is 5.91 Å². The lowest BCUT2D eigenvalue weighted by molar-refractivity contribution is -0.117. The predicted octanol–water partition coefficient (Wildman–Crippen LogP) is 5.43. The molecule has 1 aliphatic rings. The predicted molar refractivity (Wildman–Crippen MR) is 110 cm³/mol. The van der Waals surface area contributed by atoms with Crippen LogP contribution >= 0.6 is 31.9 Å². The molecule has 0 unspecified atom stereocenters. The first-order chi connectivity index (χ1) is 11.9. The Bertz CT molecular complexity index is 764. The number of nitrogens with zero attached hydrogens (tertiary/aromatic N) is 1. The van der Waals surface area contributed by atoms with Crippen molar-refractivity contribution in [2.75, 3.05) is 11.9 Å². The number of nitrogens with one attached hydrogen (secondary N) is 1. The summed E-state index contributed by atoms with van der Waals surface area (Å²) in [4.78, 5) is 14.9. The summed E-state index contributed by atoms with van der Waals surface area (Å²) in [6.45, 7) is 5.35. The summed E-state index contributed by atoms with van der Waals surface area (Å²) in [6, 6.07) is 13.0. The lowest BCUT2D eigenvalue weighted by atomic mass is 10.1. The van der Waals surface area contributed by atoms with Crippen molar-refractivity contribution in [1.29, 1.82) is 0 Å². The fraction of sp³-hybridized carbons (Fsp3) is 0.350. The number of aryl methyl sites for hydroxylation is 2. The Labute approximate surface area is 166 Å². The Morgan fingerprint density at radius 2 is 1.80 bits per heavy atom. The van der Waals surface area contributed by atoms with E-state index in [0.717, 1.165) is 26.7 Å². The fourth-order valence-electron chi connectivity index (χ4n) is 2.98. The van der Waals surface area contributed by atoms with Gasteiger partial charge in [-0.2, -0.15) is 0 Å². The molecule has 1 aliphatic carbocycles. The zero-order chi connectivity index (χ0) is 18.0. The monoisotopic (exact) mass is 464 g/mol. The van der Waals surface area contributed by atoms with Crippen molar-refractivity contribution in [2.45, 2.75) is 39.3 Å². The quantitative estimate of drug-likeness (QED) is 0.616. The van der Waals surface area contributed by atoms with Gasteiger partial charge in [-0.05, 0) is 81.8 Å². The highest BCUT2D eigenvalue weighted by Gasteiger charge is 2.30. The van der Waals surface area contributed by atoms with Gasteiger partial charge in [-0.15, -0.1) is 0 Å². The first-order valence-electron chi connectivity index (χ1n) is 8.47. The van der Waals surface area contributed by atoms with Crippen molar-refractivity contribution < 1.29 is 4.79 Å². The molecule has 3 nitrogen and oxygen atoms in total. The highest BCUT2D eigenvalue weighted by atomic mass is 79.9. The summed E-state index contributed by atoms with van der Waals surface area (Å²) >= 11 is 7.07. The third kappa shape index (κ3) is 5.16. The maximum absolute atomic E-state index is 12.6. The summed E-state index contributed by atoms with van der Waals surface area (Å²) in [6.07, 6.45) is 2.36. The van der Waals surface area contributed by atoms with Gasteiger partial charge in [-0.3, -0.25) is 9.69 Å². The first kappa shape index (κ1) is 18.6. The number of hydrogen-bond donors (Lipinski definition) is 1. The van der Waals surface area contributed by atoms with Gasteiger partial charge in [0.25, 0.3) is 0 Å². The van der Waals surface area contributed by atoms with Crippen molar-refractivity contribution in [1.82, 2.24) is 4.90 Å². The van der Waals surface area contributed by atoms with E-state index < -0.39 is 0 Å². The molecular formula is C20H22Br2N2O. The van der Waals surface area contributed by atoms with Crippen LogP contribution in [0.25, 0.3) is 0 Å². The molecule has 0 saturated heterocycles. The van der Waals surface area contributed by atoms with E-state index in [4.69, 9.17) is 0 Å². The number of amides is 1. The second-order valence-corrected chi connectivity index (χ2v) is 8.49. The van der Waals surface area contributed by atoms with Gasteiger partial charge >= 0.3 is 0 Å². The minimum absolute atomic E-state index is 0.0183. The van der Waals surface area contributed by atoms with Crippen LogP contribution in [0.3, 0.4) is 0 Å². The van der Waals surface area contributed by atoms with Crippen LogP contribution in [0.4, 0.5) is 5.69 Å². The molecular weight excluding hydrogens is 444 g/mol. The normalized spacial score (nSPS) is 14.0. The molecule has 3 rings (SSSR count). The van der Waals surface area contributed by atoms with Crippen LogP contribution in [0.2, 0.25) is 0 Å². The Balaban J connectivity index is 1.67. The van der Waals surface area contributed by atoms with Crippen LogP contribution in [0.5, 0.6) is 0 Å². The van der Waals surface area contributed by atoms with Crippen molar-refractivity contribution in [3.63, 3.8) is 0 Å². The second-order valence-electron chi connectivity index (χ2n) is 6.78. The van der Waals surface area contributed by atoms with Crippen LogP contribution in [0.1, 0.15) is 29.5 Å². The summed E-state index contributed by atoms with van der Waals surface area (Å²) in [5, 5.41) is 3.04. The summed E-state index contributed by atoms with van der Waals surface area (Å²) in [7, 11) is 0. The third-order valence-corrected chi connectivity index (χ3v) is 5.58. The molecule has 0 aliphatic heterocycles. The van der Waals surface area contributed by atoms with Crippen LogP contribution < -0.4 is 5.32 Å². The van der Waals surface area contributed by atoms with Crippen molar-refractivity contribution in [3.8, 4) is 0 Å². The molecule has 1 N–H and O–H groups in total. The molecule has 0 spiro atoms. The van der Waals surface area contributed by atoms with E-state index in [9.17, 15) is 4.79 Å². The molecule has 0 atom stereocenters. The molecule has 0 aromatic heterocycles. The maximum atomic E-state index is 12.6. The Morgan fingerprint density at radius 1 is 1.12 bits per heavy atom. The number of anilines is 1. The molecule has 2 aromatic carbocycles. The highest BCUT2D eigenvalue weighted by molar-refractivity contribution is 9.11. The fourth-order valence-corrected chi connectivity index (χ4v) is 4.60. The standard InChI is InChI=1S/C20H22Br2N2O/c1-13-4-3-5-15(8-13)11-24(16-6-7-16)12-19(25)23-20-17(21)9-14(2)10-18(20)22/h3-5,8-10,16H,6-7,11-12H2,1-2H3,(H,23,25). The first-order valence-corrected chi connectivity index (χ1v) is 10.1. The average Bonchev–Trinajstić information content (AvgIpc) is 3.35. The van der Waals surface area contributed by atoms with E-state index in [1.165, 1.54) is 24.0 Å². The summed E-state index contributed by atoms with van der Waals surface area (Å²) in [5.74, 6) is 0.0183. The van der Waals surface area contributed by atoms with Crippen LogP contribution in [-0.2, 0) is 11.3 Å². The lowest BCUT2D eigenvalue weighted by Crippen LogP contribution is -2.34. The van der Waals surface area contributed by atoms with Crippen LogP contribution in [0, 0.1) is 13.8 Å². The van der Waals surface area contributed by atoms with Crippen molar-refractivity contribution in [3.05, 3.63) is 62.0 Å². The van der Waals surface area contributed by atoms with Gasteiger partial charge in [-0.1, -0.05) is 29.8 Å². The maximum Gasteiger partial charge on any atom is 0.238 e. The van der Waals surface area contributed by atoms with E-state index >= 15 is 0 Å². The molecule has 0 bridgehead atoms. The number of carbonyl (C=O) groups excluding carboxylic acids is 1. The number of hydrogen-bond acceptors (Lipinski definition) is 2. The average molecular weight is 466 g/mol. The van der Waals surface area contributed by atoms with E-state index in [1.54, 1.807) is 0 Å². The topological polar surface area (TPSA) is 32.3 Å². The molecule has 0 radical (unpaired) electrons. The van der Waals surface area contributed by atoms with Crippen LogP contribution in [0.15, 0.2) is 45.3 Å². The number of benzene rings is 2. The Morgan fingerprint density at radius 3 is 2.40 bits per heavy atom. The van der Waals surface area contributed by atoms with Gasteiger partial charge in [0, 0.05) is 21.5 Å². The Hall–Kier alpha value is -1.17. The molecule has 1 fully saturated rings. The van der Waals surface area contributed by atoms with E-state index in [2.05, 4.69) is 73.3 Å². The zero-order valence-corrected chi connectivity index (χ0v) is 17.7. The van der Waals surface area contributed by atoms with Crippen molar-refractivity contribution >= 4 is 43.5 Å². The van der Waals surface area contributed by atoms with E-state index in [0.29, 0.717) is 12.6 Å². The minimum atomic E-state index is 0.0183. The number of halogens is 2. The van der Waals surface area contributed by atoms with Gasteiger partial charge in [0.2, 0.25) is 5.91 Å². The van der Waals surface area contributed by atoms with Gasteiger partial charge in [0.15, 0.2) is 0 Å². The third-order valence-electron chi connectivity index (χ3n) is 4.33. The van der Waals surface area contributed by atoms with Gasteiger partial charge in [0.1, 0.15) is 0 Å². The second kappa shape index (κ2) is 8.02. The molecule has 25 heavy (non-hydrogen) atoms. The van der Waals surface area contributed by atoms with Crippen molar-refractivity contribution in [2.24, 2.45) is 0 Å². The lowest BCUT2D eigenvalue weighted by Gasteiger charge is -2.22. The summed E-state index contributed by atoms with van der Waals surface area (Å²) in [5.41, 5.74) is 4.44. The molecule has 0 heterocycles. The molecule has 2 aromatic rings. The molecule has 5 heteroatoms. The Kier molecular flexibility index (Phi) is 5.97. The SMILES string of the molecule is Cc1cccc(CN(CC(=O)Nc2c(Br)cc(C)cc2Br)C2CC2)c1. The smallest absolute Gasteiger partial charge is 0.238 e. The van der Waals surface area contributed by atoms with Gasteiger partial charge in [0.05, 0.1) is 12.2 Å². The number of rotatable bonds is 6.